The van der Waals surface area contributed by atoms with Crippen LogP contribution in [0, 0.1) is 0 Å². The van der Waals surface area contributed by atoms with Gasteiger partial charge in [-0.1, -0.05) is 42.5 Å². The molecule has 38 heavy (non-hydrogen) atoms. The van der Waals surface area contributed by atoms with Gasteiger partial charge in [0.25, 0.3) is 5.91 Å². The van der Waals surface area contributed by atoms with Crippen LogP contribution in [0.1, 0.15) is 47.8 Å². The summed E-state index contributed by atoms with van der Waals surface area (Å²) in [6.07, 6.45) is 3.29. The molecule has 2 fully saturated rings. The van der Waals surface area contributed by atoms with Gasteiger partial charge in [-0.15, -0.1) is 0 Å². The fourth-order valence-corrected chi connectivity index (χ4v) is 5.33. The molecule has 0 saturated carbocycles. The summed E-state index contributed by atoms with van der Waals surface area (Å²) in [6.45, 7) is 1.07. The summed E-state index contributed by atoms with van der Waals surface area (Å²) in [5, 5.41) is 7.89. The molecule has 10 heteroatoms. The number of para-hydroxylation sites is 1. The number of oxazole rings is 1. The van der Waals surface area contributed by atoms with E-state index in [2.05, 4.69) is 15.4 Å². The van der Waals surface area contributed by atoms with E-state index in [0.717, 1.165) is 16.5 Å². The van der Waals surface area contributed by atoms with E-state index in [4.69, 9.17) is 9.15 Å². The molecule has 10 nitrogen and oxygen atoms in total. The van der Waals surface area contributed by atoms with Crippen LogP contribution in [0.4, 0.5) is 0 Å². The monoisotopic (exact) mass is 513 g/mol. The first-order valence-electron chi connectivity index (χ1n) is 12.7. The highest BCUT2D eigenvalue weighted by Crippen LogP contribution is 2.35. The van der Waals surface area contributed by atoms with Crippen LogP contribution in [-0.4, -0.2) is 56.6 Å². The number of fused-ring (bicyclic) bond motifs is 1. The number of ether oxygens (including phenoxy) is 1. The highest BCUT2D eigenvalue weighted by molar-refractivity contribution is 6.03. The molecular weight excluding hydrogens is 486 g/mol. The number of piperidine rings is 2. The molecule has 194 valence electrons. The van der Waals surface area contributed by atoms with E-state index in [1.54, 1.807) is 9.58 Å². The number of imide groups is 1. The third-order valence-corrected chi connectivity index (χ3v) is 7.25. The van der Waals surface area contributed by atoms with E-state index in [1.165, 1.54) is 6.39 Å². The Balaban J connectivity index is 1.16. The first-order chi connectivity index (χ1) is 18.5. The van der Waals surface area contributed by atoms with Crippen molar-refractivity contribution >= 4 is 28.6 Å². The minimum Gasteiger partial charge on any atom is -0.488 e. The molecule has 2 saturated heterocycles. The quantitative estimate of drug-likeness (QED) is 0.406. The Morgan fingerprint density at radius 1 is 1.05 bits per heavy atom. The van der Waals surface area contributed by atoms with E-state index in [1.807, 2.05) is 55.6 Å². The van der Waals surface area contributed by atoms with E-state index < -0.39 is 5.92 Å². The lowest BCUT2D eigenvalue weighted by Crippen LogP contribution is -2.42. The number of aromatic nitrogens is 3. The van der Waals surface area contributed by atoms with Crippen LogP contribution in [0.25, 0.3) is 22.2 Å². The van der Waals surface area contributed by atoms with Crippen LogP contribution < -0.4 is 10.1 Å². The van der Waals surface area contributed by atoms with Gasteiger partial charge in [0.05, 0.1) is 11.6 Å². The van der Waals surface area contributed by atoms with E-state index >= 15 is 0 Å². The molecule has 6 rings (SSSR count). The first kappa shape index (κ1) is 23.9. The molecule has 2 aromatic carbocycles. The number of nitrogens with zero attached hydrogens (tertiary/aromatic N) is 4. The summed E-state index contributed by atoms with van der Waals surface area (Å²) < 4.78 is 13.7. The van der Waals surface area contributed by atoms with Gasteiger partial charge in [0.15, 0.2) is 17.8 Å². The Morgan fingerprint density at radius 3 is 2.61 bits per heavy atom. The number of nitrogens with one attached hydrogen (secondary N) is 1. The number of likely N-dealkylation sites (tertiary alicyclic amines) is 1. The first-order valence-corrected chi connectivity index (χ1v) is 12.7. The van der Waals surface area contributed by atoms with Crippen molar-refractivity contribution in [3.05, 3.63) is 66.3 Å². The van der Waals surface area contributed by atoms with Gasteiger partial charge in [-0.25, -0.2) is 4.98 Å². The standard InChI is InChI=1S/C28H27N5O5/c1-32-25-19(23(31-32)20-10-11-22(34)30-27(20)35)8-5-9-21(25)38-18-12-14-33(15-13-18)28(36)24-26(37-16-29-24)17-6-3-2-4-7-17/h2-9,16,18,20H,10-15H2,1H3,(H,30,34,35). The summed E-state index contributed by atoms with van der Waals surface area (Å²) >= 11 is 0. The van der Waals surface area contributed by atoms with Gasteiger partial charge in [0.2, 0.25) is 11.8 Å². The van der Waals surface area contributed by atoms with Crippen molar-refractivity contribution in [3.8, 4) is 17.1 Å². The molecule has 4 heterocycles. The molecule has 0 bridgehead atoms. The van der Waals surface area contributed by atoms with E-state index in [-0.39, 0.29) is 23.8 Å². The maximum Gasteiger partial charge on any atom is 0.276 e. The Labute approximate surface area is 218 Å². The SMILES string of the molecule is Cn1nc(C2CCC(=O)NC2=O)c2cccc(OC3CCN(C(=O)c4ncoc4-c4ccccc4)CC3)c21. The van der Waals surface area contributed by atoms with Gasteiger partial charge in [-0.3, -0.25) is 24.4 Å². The lowest BCUT2D eigenvalue weighted by molar-refractivity contribution is -0.134. The number of benzene rings is 2. The number of hydrogen-bond donors (Lipinski definition) is 1. The molecule has 0 spiro atoms. The number of carbonyl (C=O) groups is 3. The Hall–Kier alpha value is -4.47. The zero-order valence-electron chi connectivity index (χ0n) is 20.9. The predicted molar refractivity (Wildman–Crippen MR) is 137 cm³/mol. The lowest BCUT2D eigenvalue weighted by atomic mass is 9.93. The Morgan fingerprint density at radius 2 is 1.84 bits per heavy atom. The molecular formula is C28H27N5O5. The van der Waals surface area contributed by atoms with Gasteiger partial charge in [0.1, 0.15) is 17.4 Å². The number of rotatable bonds is 5. The Bertz CT molecular complexity index is 1520. The van der Waals surface area contributed by atoms with Crippen molar-refractivity contribution in [2.24, 2.45) is 7.05 Å². The van der Waals surface area contributed by atoms with Crippen LogP contribution >= 0.6 is 0 Å². The lowest BCUT2D eigenvalue weighted by Gasteiger charge is -2.32. The van der Waals surface area contributed by atoms with Crippen molar-refractivity contribution in [2.75, 3.05) is 13.1 Å². The summed E-state index contributed by atoms with van der Waals surface area (Å²) in [5.41, 5.74) is 2.59. The smallest absolute Gasteiger partial charge is 0.276 e. The molecule has 4 aromatic rings. The van der Waals surface area contributed by atoms with Gasteiger partial charge in [0, 0.05) is 50.3 Å². The second kappa shape index (κ2) is 9.77. The number of hydrogen-bond acceptors (Lipinski definition) is 7. The third kappa shape index (κ3) is 4.31. The fourth-order valence-electron chi connectivity index (χ4n) is 5.33. The molecule has 0 radical (unpaired) electrons. The maximum atomic E-state index is 13.2. The van der Waals surface area contributed by atoms with Crippen LogP contribution in [0.3, 0.4) is 0 Å². The average molecular weight is 514 g/mol. The summed E-state index contributed by atoms with van der Waals surface area (Å²) in [6, 6.07) is 15.2. The van der Waals surface area contributed by atoms with Crippen molar-refractivity contribution in [3.63, 3.8) is 0 Å². The molecule has 2 aliphatic heterocycles. The summed E-state index contributed by atoms with van der Waals surface area (Å²) in [4.78, 5) is 43.3. The maximum absolute atomic E-state index is 13.2. The van der Waals surface area contributed by atoms with Gasteiger partial charge >= 0.3 is 0 Å². The highest BCUT2D eigenvalue weighted by atomic mass is 16.5. The Kier molecular flexibility index (Phi) is 6.15. The van der Waals surface area contributed by atoms with Gasteiger partial charge < -0.3 is 14.1 Å². The zero-order chi connectivity index (χ0) is 26.2. The highest BCUT2D eigenvalue weighted by Gasteiger charge is 2.33. The van der Waals surface area contributed by atoms with Crippen LogP contribution in [-0.2, 0) is 16.6 Å². The van der Waals surface area contributed by atoms with Crippen molar-refractivity contribution < 1.29 is 23.5 Å². The summed E-state index contributed by atoms with van der Waals surface area (Å²) in [5.74, 6) is -0.0310. The largest absolute Gasteiger partial charge is 0.488 e. The molecule has 1 N–H and O–H groups in total. The van der Waals surface area contributed by atoms with Gasteiger partial charge in [-0.05, 0) is 12.5 Å². The topological polar surface area (TPSA) is 120 Å². The second-order valence-corrected chi connectivity index (χ2v) is 9.67. The fraction of sp³-hybridized carbons (Fsp3) is 0.321. The number of carbonyl (C=O) groups excluding carboxylic acids is 3. The molecule has 1 unspecified atom stereocenters. The van der Waals surface area contributed by atoms with Gasteiger partial charge in [-0.2, -0.15) is 5.10 Å². The minimum atomic E-state index is -0.474. The van der Waals surface area contributed by atoms with Crippen molar-refractivity contribution in [2.45, 2.75) is 37.7 Å². The van der Waals surface area contributed by atoms with Crippen LogP contribution in [0.2, 0.25) is 0 Å². The minimum absolute atomic E-state index is 0.0792. The second-order valence-electron chi connectivity index (χ2n) is 9.67. The number of amides is 3. The van der Waals surface area contributed by atoms with Crippen molar-refractivity contribution in [1.82, 2.24) is 25.0 Å². The van der Waals surface area contributed by atoms with Crippen LogP contribution in [0.15, 0.2) is 59.3 Å². The molecule has 2 aliphatic rings. The molecule has 0 aliphatic carbocycles. The van der Waals surface area contributed by atoms with E-state index in [0.29, 0.717) is 61.7 Å². The zero-order valence-corrected chi connectivity index (χ0v) is 20.9. The molecule has 2 aromatic heterocycles. The molecule has 3 amide bonds. The number of aryl methyl sites for hydroxylation is 1. The normalized spacial score (nSPS) is 18.6. The van der Waals surface area contributed by atoms with Crippen molar-refractivity contribution in [1.29, 1.82) is 0 Å². The average Bonchev–Trinajstić information content (AvgIpc) is 3.55. The van der Waals surface area contributed by atoms with Crippen LogP contribution in [0.5, 0.6) is 5.75 Å². The van der Waals surface area contributed by atoms with E-state index in [9.17, 15) is 14.4 Å². The predicted octanol–water partition coefficient (Wildman–Crippen LogP) is 3.43. The third-order valence-electron chi connectivity index (χ3n) is 7.25. The summed E-state index contributed by atoms with van der Waals surface area (Å²) in [7, 11) is 1.83. The molecule has 1 atom stereocenters.